The number of nitrogens with zero attached hydrogens (tertiary/aromatic N) is 1. The van der Waals surface area contributed by atoms with E-state index in [1.807, 2.05) is 37.3 Å². The molecule has 0 aliphatic carbocycles. The first-order valence-electron chi connectivity index (χ1n) is 9.45. The normalized spacial score (nSPS) is 19.1. The third-order valence-corrected chi connectivity index (χ3v) is 5.32. The van der Waals surface area contributed by atoms with Crippen LogP contribution in [0.3, 0.4) is 0 Å². The first-order valence-corrected chi connectivity index (χ1v) is 9.82. The molecule has 0 spiro atoms. The number of hydrogen-bond donors (Lipinski definition) is 1. The maximum Gasteiger partial charge on any atom is 0.260 e. The van der Waals surface area contributed by atoms with Gasteiger partial charge in [-0.25, -0.2) is 0 Å². The first-order chi connectivity index (χ1) is 13.5. The highest BCUT2D eigenvalue weighted by atomic mass is 35.5. The molecular weight excluding hydrogens is 376 g/mol. The van der Waals surface area contributed by atoms with Gasteiger partial charge in [0.25, 0.3) is 5.91 Å². The van der Waals surface area contributed by atoms with Gasteiger partial charge < -0.3 is 15.0 Å². The highest BCUT2D eigenvalue weighted by Gasteiger charge is 2.39. The fraction of sp³-hybridized carbons (Fsp3) is 0.364. The summed E-state index contributed by atoms with van der Waals surface area (Å²) in [5.41, 5.74) is 0.461. The van der Waals surface area contributed by atoms with Crippen molar-refractivity contribution in [2.75, 3.05) is 19.7 Å². The van der Waals surface area contributed by atoms with E-state index in [2.05, 4.69) is 5.32 Å². The standard InChI is InChI=1S/C22H25ClN2O3/c1-22(21(27)24-14-17-6-3-2-4-7-17)12-5-13-25(16-22)20(26)15-28-19-10-8-18(23)9-11-19/h2-4,6-11H,5,12-16H2,1H3,(H,24,27)/t22-/m0/s1. The number of hydrogen-bond acceptors (Lipinski definition) is 3. The molecule has 6 heteroatoms. The van der Waals surface area contributed by atoms with Crippen molar-refractivity contribution in [1.82, 2.24) is 10.2 Å². The summed E-state index contributed by atoms with van der Waals surface area (Å²) < 4.78 is 5.56. The van der Waals surface area contributed by atoms with Crippen LogP contribution in [0.4, 0.5) is 0 Å². The molecule has 1 N–H and O–H groups in total. The predicted molar refractivity (Wildman–Crippen MR) is 109 cm³/mol. The molecule has 1 aliphatic rings. The monoisotopic (exact) mass is 400 g/mol. The maximum absolute atomic E-state index is 12.8. The van der Waals surface area contributed by atoms with Gasteiger partial charge in [-0.3, -0.25) is 9.59 Å². The summed E-state index contributed by atoms with van der Waals surface area (Å²) in [6, 6.07) is 16.7. The molecule has 1 heterocycles. The number of ether oxygens (including phenoxy) is 1. The molecule has 5 nitrogen and oxygen atoms in total. The number of likely N-dealkylation sites (tertiary alicyclic amines) is 1. The van der Waals surface area contributed by atoms with Crippen LogP contribution >= 0.6 is 11.6 Å². The summed E-state index contributed by atoms with van der Waals surface area (Å²) in [4.78, 5) is 27.1. The Kier molecular flexibility index (Phi) is 6.57. The molecule has 148 valence electrons. The molecule has 2 aromatic carbocycles. The van der Waals surface area contributed by atoms with Crippen molar-refractivity contribution in [2.24, 2.45) is 5.41 Å². The molecule has 1 aliphatic heterocycles. The van der Waals surface area contributed by atoms with Crippen LogP contribution in [0.15, 0.2) is 54.6 Å². The van der Waals surface area contributed by atoms with Crippen molar-refractivity contribution < 1.29 is 14.3 Å². The minimum atomic E-state index is -0.594. The fourth-order valence-corrected chi connectivity index (χ4v) is 3.52. The Balaban J connectivity index is 1.53. The lowest BCUT2D eigenvalue weighted by Gasteiger charge is -2.39. The molecule has 1 saturated heterocycles. The van der Waals surface area contributed by atoms with Crippen LogP contribution in [0.1, 0.15) is 25.3 Å². The van der Waals surface area contributed by atoms with E-state index in [1.54, 1.807) is 29.2 Å². The van der Waals surface area contributed by atoms with Crippen LogP contribution in [-0.4, -0.2) is 36.4 Å². The van der Waals surface area contributed by atoms with Crippen molar-refractivity contribution in [3.05, 3.63) is 65.2 Å². The van der Waals surface area contributed by atoms with Gasteiger partial charge >= 0.3 is 0 Å². The molecule has 0 radical (unpaired) electrons. The topological polar surface area (TPSA) is 58.6 Å². The van der Waals surface area contributed by atoms with E-state index in [0.717, 1.165) is 18.4 Å². The fourth-order valence-electron chi connectivity index (χ4n) is 3.40. The van der Waals surface area contributed by atoms with E-state index in [4.69, 9.17) is 16.3 Å². The molecule has 0 aromatic heterocycles. The Morgan fingerprint density at radius 3 is 2.57 bits per heavy atom. The van der Waals surface area contributed by atoms with Crippen molar-refractivity contribution in [1.29, 1.82) is 0 Å². The number of piperidine rings is 1. The van der Waals surface area contributed by atoms with Crippen LogP contribution < -0.4 is 10.1 Å². The van der Waals surface area contributed by atoms with Gasteiger partial charge in [0.15, 0.2) is 6.61 Å². The maximum atomic E-state index is 12.8. The number of rotatable bonds is 6. The zero-order valence-corrected chi connectivity index (χ0v) is 16.7. The molecule has 2 amide bonds. The predicted octanol–water partition coefficient (Wildman–Crippen LogP) is 3.66. The van der Waals surface area contributed by atoms with E-state index >= 15 is 0 Å². The Hall–Kier alpha value is -2.53. The first kappa shape index (κ1) is 20.2. The third-order valence-electron chi connectivity index (χ3n) is 5.07. The Labute approximate surface area is 170 Å². The number of carbonyl (C=O) groups is 2. The van der Waals surface area contributed by atoms with Gasteiger partial charge in [0.1, 0.15) is 5.75 Å². The molecule has 2 aromatic rings. The average molecular weight is 401 g/mol. The van der Waals surface area contributed by atoms with E-state index in [0.29, 0.717) is 30.4 Å². The number of carbonyl (C=O) groups excluding carboxylic acids is 2. The van der Waals surface area contributed by atoms with Crippen molar-refractivity contribution in [3.8, 4) is 5.75 Å². The van der Waals surface area contributed by atoms with Crippen molar-refractivity contribution in [2.45, 2.75) is 26.3 Å². The smallest absolute Gasteiger partial charge is 0.260 e. The van der Waals surface area contributed by atoms with Gasteiger partial charge in [0, 0.05) is 24.7 Å². The zero-order valence-electron chi connectivity index (χ0n) is 16.0. The summed E-state index contributed by atoms with van der Waals surface area (Å²) in [5.74, 6) is 0.460. The summed E-state index contributed by atoms with van der Waals surface area (Å²) in [6.45, 7) is 3.40. The zero-order chi connectivity index (χ0) is 20.0. The molecule has 1 fully saturated rings. The van der Waals surface area contributed by atoms with Gasteiger partial charge in [0.2, 0.25) is 5.91 Å². The number of nitrogens with one attached hydrogen (secondary N) is 1. The van der Waals surface area contributed by atoms with Crippen LogP contribution in [0.2, 0.25) is 5.02 Å². The van der Waals surface area contributed by atoms with Gasteiger partial charge in [-0.2, -0.15) is 0 Å². The lowest BCUT2D eigenvalue weighted by atomic mass is 9.81. The minimum absolute atomic E-state index is 0.0209. The molecule has 1 atom stereocenters. The van der Waals surface area contributed by atoms with Gasteiger partial charge in [-0.05, 0) is 49.6 Å². The second kappa shape index (κ2) is 9.11. The summed E-state index contributed by atoms with van der Waals surface area (Å²) >= 11 is 5.85. The van der Waals surface area contributed by atoms with Crippen LogP contribution in [-0.2, 0) is 16.1 Å². The average Bonchev–Trinajstić information content (AvgIpc) is 2.72. The van der Waals surface area contributed by atoms with Gasteiger partial charge in [-0.1, -0.05) is 41.9 Å². The molecule has 0 unspecified atom stereocenters. The third kappa shape index (κ3) is 5.26. The largest absolute Gasteiger partial charge is 0.484 e. The van der Waals surface area contributed by atoms with E-state index < -0.39 is 5.41 Å². The molecule has 3 rings (SSSR count). The Bertz CT molecular complexity index is 810. The molecule has 0 saturated carbocycles. The molecular formula is C22H25ClN2O3. The van der Waals surface area contributed by atoms with Gasteiger partial charge in [-0.15, -0.1) is 0 Å². The molecule has 28 heavy (non-hydrogen) atoms. The quantitative estimate of drug-likeness (QED) is 0.804. The molecule has 0 bridgehead atoms. The summed E-state index contributed by atoms with van der Waals surface area (Å²) in [7, 11) is 0. The van der Waals surface area contributed by atoms with E-state index in [9.17, 15) is 9.59 Å². The lowest BCUT2D eigenvalue weighted by Crippen LogP contribution is -2.52. The van der Waals surface area contributed by atoms with Crippen LogP contribution in [0, 0.1) is 5.41 Å². The highest BCUT2D eigenvalue weighted by molar-refractivity contribution is 6.30. The second-order valence-corrected chi connectivity index (χ2v) is 7.83. The van der Waals surface area contributed by atoms with E-state index in [1.165, 1.54) is 0 Å². The van der Waals surface area contributed by atoms with Crippen LogP contribution in [0.25, 0.3) is 0 Å². The minimum Gasteiger partial charge on any atom is -0.484 e. The summed E-state index contributed by atoms with van der Waals surface area (Å²) in [6.07, 6.45) is 1.55. The Morgan fingerprint density at radius 1 is 1.14 bits per heavy atom. The van der Waals surface area contributed by atoms with E-state index in [-0.39, 0.29) is 18.4 Å². The number of amides is 2. The highest BCUT2D eigenvalue weighted by Crippen LogP contribution is 2.30. The lowest BCUT2D eigenvalue weighted by molar-refractivity contribution is -0.142. The van der Waals surface area contributed by atoms with Gasteiger partial charge in [0.05, 0.1) is 5.41 Å². The summed E-state index contributed by atoms with van der Waals surface area (Å²) in [5, 5.41) is 3.63. The Morgan fingerprint density at radius 2 is 1.86 bits per heavy atom. The van der Waals surface area contributed by atoms with Crippen molar-refractivity contribution in [3.63, 3.8) is 0 Å². The number of halogens is 1. The van der Waals surface area contributed by atoms with Crippen molar-refractivity contribution >= 4 is 23.4 Å². The number of benzene rings is 2. The SMILES string of the molecule is C[C@]1(C(=O)NCc2ccccc2)CCCN(C(=O)COc2ccc(Cl)cc2)C1. The van der Waals surface area contributed by atoms with Crippen LogP contribution in [0.5, 0.6) is 5.75 Å². The second-order valence-electron chi connectivity index (χ2n) is 7.39.